The predicted octanol–water partition coefficient (Wildman–Crippen LogP) is -0.0907. The van der Waals surface area contributed by atoms with Gasteiger partial charge in [-0.2, -0.15) is 0 Å². The van der Waals surface area contributed by atoms with Crippen molar-refractivity contribution in [2.45, 2.75) is 18.6 Å². The smallest absolute Gasteiger partial charge is 0.239 e. The summed E-state index contributed by atoms with van der Waals surface area (Å²) < 4.78 is 11.3. The number of carbonyl (C=O) groups excluding carboxylic acids is 2. The Hall–Kier alpha value is -1.99. The van der Waals surface area contributed by atoms with Gasteiger partial charge in [0.15, 0.2) is 17.6 Å². The molecule has 0 bridgehead atoms. The Morgan fingerprint density at radius 1 is 1.36 bits per heavy atom. The number of fused-ring (bicyclic) bond motifs is 1. The predicted molar refractivity (Wildman–Crippen MR) is 83.0 cm³/mol. The first-order chi connectivity index (χ1) is 9.97. The SMILES string of the molecule is CN(CC1COc2ccccc2O1)C(=O)C(N)CC(N)=O.Cl. The Balaban J connectivity index is 0.00000242. The highest BCUT2D eigenvalue weighted by atomic mass is 35.5. The molecule has 0 saturated heterocycles. The largest absolute Gasteiger partial charge is 0.486 e. The van der Waals surface area contributed by atoms with Crippen LogP contribution in [-0.2, 0) is 9.59 Å². The van der Waals surface area contributed by atoms with Crippen molar-refractivity contribution in [3.8, 4) is 11.5 Å². The number of benzene rings is 1. The molecular weight excluding hydrogens is 310 g/mol. The van der Waals surface area contributed by atoms with Crippen molar-refractivity contribution in [1.82, 2.24) is 4.90 Å². The fraction of sp³-hybridized carbons (Fsp3) is 0.429. The number of para-hydroxylation sites is 2. The van der Waals surface area contributed by atoms with Gasteiger partial charge in [0.25, 0.3) is 0 Å². The number of ether oxygens (including phenoxy) is 2. The zero-order chi connectivity index (χ0) is 15.4. The lowest BCUT2D eigenvalue weighted by Crippen LogP contribution is -2.48. The van der Waals surface area contributed by atoms with Crippen molar-refractivity contribution < 1.29 is 19.1 Å². The molecule has 0 aliphatic carbocycles. The molecule has 0 saturated carbocycles. The molecule has 0 spiro atoms. The minimum atomic E-state index is -0.927. The molecule has 2 amide bonds. The minimum absolute atomic E-state index is 0. The summed E-state index contributed by atoms with van der Waals surface area (Å²) in [5.41, 5.74) is 10.7. The van der Waals surface area contributed by atoms with E-state index in [2.05, 4.69) is 0 Å². The monoisotopic (exact) mass is 329 g/mol. The zero-order valence-electron chi connectivity index (χ0n) is 12.2. The fourth-order valence-corrected chi connectivity index (χ4v) is 2.14. The van der Waals surface area contributed by atoms with E-state index >= 15 is 0 Å². The van der Waals surface area contributed by atoms with E-state index in [1.54, 1.807) is 7.05 Å². The third kappa shape index (κ3) is 4.51. The van der Waals surface area contributed by atoms with Gasteiger partial charge in [-0.25, -0.2) is 0 Å². The highest BCUT2D eigenvalue weighted by Gasteiger charge is 2.26. The van der Waals surface area contributed by atoms with Gasteiger partial charge >= 0.3 is 0 Å². The Morgan fingerprint density at radius 3 is 2.64 bits per heavy atom. The molecular formula is C14H20ClN3O4. The average Bonchev–Trinajstić information content (AvgIpc) is 2.45. The van der Waals surface area contributed by atoms with Crippen LogP contribution in [0.1, 0.15) is 6.42 Å². The van der Waals surface area contributed by atoms with Crippen LogP contribution in [0.4, 0.5) is 0 Å². The Morgan fingerprint density at radius 2 is 2.00 bits per heavy atom. The molecule has 122 valence electrons. The van der Waals surface area contributed by atoms with Gasteiger partial charge in [0, 0.05) is 7.05 Å². The maximum Gasteiger partial charge on any atom is 0.239 e. The summed E-state index contributed by atoms with van der Waals surface area (Å²) in [5.74, 6) is 0.385. The molecule has 0 radical (unpaired) electrons. The summed E-state index contributed by atoms with van der Waals surface area (Å²) in [6.45, 7) is 0.666. The quantitative estimate of drug-likeness (QED) is 0.785. The second-order valence-corrected chi connectivity index (χ2v) is 4.99. The first-order valence-electron chi connectivity index (χ1n) is 6.64. The molecule has 1 heterocycles. The lowest BCUT2D eigenvalue weighted by Gasteiger charge is -2.30. The Labute approximate surface area is 134 Å². The van der Waals surface area contributed by atoms with E-state index in [0.717, 1.165) is 0 Å². The number of likely N-dealkylation sites (N-methyl/N-ethyl adjacent to an activating group) is 1. The number of rotatable bonds is 5. The first-order valence-corrected chi connectivity index (χ1v) is 6.64. The zero-order valence-corrected chi connectivity index (χ0v) is 13.0. The lowest BCUT2D eigenvalue weighted by atomic mass is 10.2. The van der Waals surface area contributed by atoms with Crippen LogP contribution in [0.5, 0.6) is 11.5 Å². The molecule has 4 N–H and O–H groups in total. The van der Waals surface area contributed by atoms with Crippen LogP contribution in [-0.4, -0.2) is 49.1 Å². The van der Waals surface area contributed by atoms with Gasteiger partial charge in [-0.15, -0.1) is 12.4 Å². The molecule has 1 aliphatic rings. The molecule has 0 aromatic heterocycles. The van der Waals surface area contributed by atoms with Crippen molar-refractivity contribution in [1.29, 1.82) is 0 Å². The van der Waals surface area contributed by atoms with Crippen LogP contribution in [0.3, 0.4) is 0 Å². The van der Waals surface area contributed by atoms with Crippen molar-refractivity contribution >= 4 is 24.2 Å². The van der Waals surface area contributed by atoms with Crippen molar-refractivity contribution in [2.75, 3.05) is 20.2 Å². The minimum Gasteiger partial charge on any atom is -0.486 e. The Kier molecular flexibility index (Phi) is 6.45. The third-order valence-electron chi connectivity index (χ3n) is 3.16. The van der Waals surface area contributed by atoms with Crippen LogP contribution in [0, 0.1) is 0 Å². The van der Waals surface area contributed by atoms with E-state index in [9.17, 15) is 9.59 Å². The van der Waals surface area contributed by atoms with E-state index < -0.39 is 11.9 Å². The topological polar surface area (TPSA) is 108 Å². The summed E-state index contributed by atoms with van der Waals surface area (Å²) in [6, 6.07) is 6.42. The van der Waals surface area contributed by atoms with Crippen LogP contribution in [0.25, 0.3) is 0 Å². The standard InChI is InChI=1S/C14H19N3O4.ClH/c1-17(14(19)10(15)6-13(16)18)7-9-8-20-11-4-2-3-5-12(11)21-9;/h2-5,9-10H,6-8,15H2,1H3,(H2,16,18);1H. The number of hydrogen-bond donors (Lipinski definition) is 2. The summed E-state index contributed by atoms with van der Waals surface area (Å²) >= 11 is 0. The van der Waals surface area contributed by atoms with Gasteiger partial charge in [0.1, 0.15) is 6.61 Å². The Bertz CT molecular complexity index is 541. The number of amides is 2. The molecule has 1 aromatic carbocycles. The van der Waals surface area contributed by atoms with Gasteiger partial charge in [-0.1, -0.05) is 12.1 Å². The average molecular weight is 330 g/mol. The van der Waals surface area contributed by atoms with E-state index in [4.69, 9.17) is 20.9 Å². The van der Waals surface area contributed by atoms with Gasteiger partial charge in [-0.3, -0.25) is 9.59 Å². The van der Waals surface area contributed by atoms with Crippen molar-refractivity contribution in [3.63, 3.8) is 0 Å². The maximum atomic E-state index is 12.0. The number of halogens is 1. The number of carbonyl (C=O) groups is 2. The molecule has 1 aliphatic heterocycles. The molecule has 7 nitrogen and oxygen atoms in total. The summed E-state index contributed by atoms with van der Waals surface area (Å²) in [4.78, 5) is 24.2. The first kappa shape index (κ1) is 18.1. The normalized spacial score (nSPS) is 17.1. The van der Waals surface area contributed by atoms with Crippen LogP contribution < -0.4 is 20.9 Å². The molecule has 8 heteroatoms. The van der Waals surface area contributed by atoms with Crippen LogP contribution in [0.15, 0.2) is 24.3 Å². The molecule has 2 unspecified atom stereocenters. The summed E-state index contributed by atoms with van der Waals surface area (Å²) in [6.07, 6.45) is -0.455. The molecule has 2 atom stereocenters. The van der Waals surface area contributed by atoms with Gasteiger partial charge < -0.3 is 25.8 Å². The van der Waals surface area contributed by atoms with Gasteiger partial charge in [0.05, 0.1) is 19.0 Å². The lowest BCUT2D eigenvalue weighted by molar-refractivity contribution is -0.134. The van der Waals surface area contributed by atoms with Crippen molar-refractivity contribution in [2.24, 2.45) is 11.5 Å². The van der Waals surface area contributed by atoms with Crippen LogP contribution >= 0.6 is 12.4 Å². The fourth-order valence-electron chi connectivity index (χ4n) is 2.14. The van der Waals surface area contributed by atoms with E-state index in [0.29, 0.717) is 24.7 Å². The van der Waals surface area contributed by atoms with E-state index in [-0.39, 0.29) is 30.8 Å². The summed E-state index contributed by atoms with van der Waals surface area (Å²) in [7, 11) is 1.60. The molecule has 1 aromatic rings. The third-order valence-corrected chi connectivity index (χ3v) is 3.16. The maximum absolute atomic E-state index is 12.0. The number of nitrogens with zero attached hydrogens (tertiary/aromatic N) is 1. The number of primary amides is 1. The number of hydrogen-bond acceptors (Lipinski definition) is 5. The second-order valence-electron chi connectivity index (χ2n) is 4.99. The van der Waals surface area contributed by atoms with Crippen molar-refractivity contribution in [3.05, 3.63) is 24.3 Å². The van der Waals surface area contributed by atoms with E-state index in [1.165, 1.54) is 4.90 Å². The highest BCUT2D eigenvalue weighted by molar-refractivity contribution is 5.87. The van der Waals surface area contributed by atoms with Gasteiger partial charge in [-0.05, 0) is 12.1 Å². The second kappa shape index (κ2) is 7.86. The highest BCUT2D eigenvalue weighted by Crippen LogP contribution is 2.30. The molecule has 22 heavy (non-hydrogen) atoms. The molecule has 2 rings (SSSR count). The van der Waals surface area contributed by atoms with E-state index in [1.807, 2.05) is 24.3 Å². The van der Waals surface area contributed by atoms with Gasteiger partial charge in [0.2, 0.25) is 11.8 Å². The number of nitrogens with two attached hydrogens (primary N) is 2. The van der Waals surface area contributed by atoms with Crippen LogP contribution in [0.2, 0.25) is 0 Å². The molecule has 0 fully saturated rings. The summed E-state index contributed by atoms with van der Waals surface area (Å²) in [5, 5.41) is 0.